The molecule has 0 aromatic heterocycles. The minimum atomic E-state index is -0.454. The van der Waals surface area contributed by atoms with Crippen LogP contribution in [0, 0.1) is 0 Å². The summed E-state index contributed by atoms with van der Waals surface area (Å²) in [6.07, 6.45) is 2.09. The van der Waals surface area contributed by atoms with Crippen molar-refractivity contribution >= 4 is 11.6 Å². The largest absolute Gasteiger partial charge is 0.289 e. The quantitative estimate of drug-likeness (QED) is 0.329. The number of allylic oxidation sites excluding steroid dienone is 3. The van der Waals surface area contributed by atoms with Gasteiger partial charge in [-0.25, -0.2) is 0 Å². The van der Waals surface area contributed by atoms with Gasteiger partial charge in [0.25, 0.3) is 0 Å². The summed E-state index contributed by atoms with van der Waals surface area (Å²) in [5.41, 5.74) is -0.0926. The molecule has 0 radical (unpaired) electrons. The van der Waals surface area contributed by atoms with E-state index in [1.165, 1.54) is 0 Å². The molecule has 0 fully saturated rings. The van der Waals surface area contributed by atoms with Gasteiger partial charge in [-0.05, 0) is 12.2 Å². The van der Waals surface area contributed by atoms with Crippen molar-refractivity contribution in [1.29, 1.82) is 0 Å². The minimum absolute atomic E-state index is 0.0926. The van der Waals surface area contributed by atoms with Crippen LogP contribution in [-0.2, 0) is 9.59 Å². The Kier molecular flexibility index (Phi) is 3.05. The van der Waals surface area contributed by atoms with Crippen LogP contribution in [0.4, 0.5) is 0 Å². The monoisotopic (exact) mass is 136 g/mol. The van der Waals surface area contributed by atoms with Gasteiger partial charge in [0.15, 0.2) is 11.6 Å². The second-order valence-corrected chi connectivity index (χ2v) is 1.62. The summed E-state index contributed by atoms with van der Waals surface area (Å²) in [6, 6.07) is 0. The third-order valence-corrected chi connectivity index (χ3v) is 0.966. The maximum atomic E-state index is 10.6. The Morgan fingerprint density at radius 2 is 1.30 bits per heavy atom. The highest BCUT2D eigenvalue weighted by Gasteiger charge is 2.07. The van der Waals surface area contributed by atoms with E-state index >= 15 is 0 Å². The SMILES string of the molecule is C=CC(=O)C(=C)C(=O)C=C. The normalized spacial score (nSPS) is 8.00. The van der Waals surface area contributed by atoms with Crippen molar-refractivity contribution in [2.45, 2.75) is 0 Å². The van der Waals surface area contributed by atoms with Crippen LogP contribution < -0.4 is 0 Å². The molecule has 2 heteroatoms. The molecule has 0 aromatic carbocycles. The summed E-state index contributed by atoms with van der Waals surface area (Å²) in [7, 11) is 0. The summed E-state index contributed by atoms with van der Waals surface area (Å²) >= 11 is 0. The molecule has 0 aliphatic rings. The zero-order valence-corrected chi connectivity index (χ0v) is 5.59. The van der Waals surface area contributed by atoms with Crippen LogP contribution in [-0.4, -0.2) is 11.6 Å². The molecule has 2 nitrogen and oxygen atoms in total. The number of rotatable bonds is 4. The fourth-order valence-corrected chi connectivity index (χ4v) is 0.368. The van der Waals surface area contributed by atoms with Crippen LogP contribution in [0.3, 0.4) is 0 Å². The first-order chi connectivity index (χ1) is 4.63. The van der Waals surface area contributed by atoms with Gasteiger partial charge < -0.3 is 0 Å². The highest BCUT2D eigenvalue weighted by Crippen LogP contribution is 1.95. The highest BCUT2D eigenvalue weighted by atomic mass is 16.1. The van der Waals surface area contributed by atoms with Crippen molar-refractivity contribution in [2.24, 2.45) is 0 Å². The van der Waals surface area contributed by atoms with E-state index in [1.807, 2.05) is 0 Å². The third kappa shape index (κ3) is 1.82. The second-order valence-electron chi connectivity index (χ2n) is 1.62. The first kappa shape index (κ1) is 8.56. The lowest BCUT2D eigenvalue weighted by atomic mass is 10.1. The van der Waals surface area contributed by atoms with Gasteiger partial charge in [0.1, 0.15) is 0 Å². The first-order valence-corrected chi connectivity index (χ1v) is 2.66. The molecule has 0 aliphatic heterocycles. The smallest absolute Gasteiger partial charge is 0.188 e. The molecule has 0 atom stereocenters. The summed E-state index contributed by atoms with van der Waals surface area (Å²) in [5, 5.41) is 0. The Hall–Kier alpha value is -1.44. The summed E-state index contributed by atoms with van der Waals surface area (Å²) in [4.78, 5) is 21.3. The zero-order chi connectivity index (χ0) is 8.15. The standard InChI is InChI=1S/C8H8O2/c1-4-7(9)6(3)8(10)5-2/h4-5H,1-3H2. The molecule has 0 heterocycles. The molecule has 0 amide bonds. The van der Waals surface area contributed by atoms with Crippen LogP contribution in [0.2, 0.25) is 0 Å². The molecule has 0 spiro atoms. The van der Waals surface area contributed by atoms with Crippen molar-refractivity contribution < 1.29 is 9.59 Å². The Labute approximate surface area is 59.5 Å². The number of carbonyl (C=O) groups is 2. The Morgan fingerprint density at radius 3 is 1.50 bits per heavy atom. The number of hydrogen-bond acceptors (Lipinski definition) is 2. The van der Waals surface area contributed by atoms with E-state index in [0.717, 1.165) is 12.2 Å². The summed E-state index contributed by atoms with van der Waals surface area (Å²) in [6.45, 7) is 9.66. The lowest BCUT2D eigenvalue weighted by Gasteiger charge is -1.91. The number of ketones is 2. The van der Waals surface area contributed by atoms with Gasteiger partial charge in [0.2, 0.25) is 0 Å². The van der Waals surface area contributed by atoms with Crippen LogP contribution in [0.25, 0.3) is 0 Å². The van der Waals surface area contributed by atoms with E-state index in [0.29, 0.717) is 0 Å². The van der Waals surface area contributed by atoms with Gasteiger partial charge in [0, 0.05) is 0 Å². The molecule has 0 saturated heterocycles. The fraction of sp³-hybridized carbons (Fsp3) is 0. The van der Waals surface area contributed by atoms with Crippen LogP contribution in [0.15, 0.2) is 37.5 Å². The zero-order valence-electron chi connectivity index (χ0n) is 5.59. The van der Waals surface area contributed by atoms with Crippen molar-refractivity contribution in [3.8, 4) is 0 Å². The molecule has 0 rings (SSSR count). The molecule has 0 aromatic rings. The maximum Gasteiger partial charge on any atom is 0.188 e. The lowest BCUT2D eigenvalue weighted by molar-refractivity contribution is -0.116. The molecule has 0 aliphatic carbocycles. The Morgan fingerprint density at radius 1 is 1.00 bits per heavy atom. The average Bonchev–Trinajstić information content (AvgIpc) is 2.00. The first-order valence-electron chi connectivity index (χ1n) is 2.66. The molecule has 0 unspecified atom stereocenters. The minimum Gasteiger partial charge on any atom is -0.289 e. The van der Waals surface area contributed by atoms with Crippen molar-refractivity contribution in [3.05, 3.63) is 37.5 Å². The van der Waals surface area contributed by atoms with Crippen LogP contribution in [0.1, 0.15) is 0 Å². The summed E-state index contributed by atoms with van der Waals surface area (Å²) in [5.74, 6) is -0.908. The lowest BCUT2D eigenvalue weighted by Crippen LogP contribution is -2.05. The molecule has 0 saturated carbocycles. The van der Waals surface area contributed by atoms with Crippen molar-refractivity contribution in [2.75, 3.05) is 0 Å². The highest BCUT2D eigenvalue weighted by molar-refractivity contribution is 6.26. The molecule has 0 N–H and O–H groups in total. The van der Waals surface area contributed by atoms with Gasteiger partial charge in [-0.1, -0.05) is 19.7 Å². The van der Waals surface area contributed by atoms with E-state index < -0.39 is 11.6 Å². The maximum absolute atomic E-state index is 10.6. The third-order valence-electron chi connectivity index (χ3n) is 0.966. The van der Waals surface area contributed by atoms with Crippen LogP contribution >= 0.6 is 0 Å². The van der Waals surface area contributed by atoms with E-state index in [2.05, 4.69) is 19.7 Å². The molecule has 10 heavy (non-hydrogen) atoms. The Balaban J connectivity index is 4.36. The van der Waals surface area contributed by atoms with E-state index in [9.17, 15) is 9.59 Å². The van der Waals surface area contributed by atoms with E-state index in [-0.39, 0.29) is 5.57 Å². The molecule has 0 bridgehead atoms. The number of hydrogen-bond donors (Lipinski definition) is 0. The van der Waals surface area contributed by atoms with Crippen molar-refractivity contribution in [3.63, 3.8) is 0 Å². The van der Waals surface area contributed by atoms with E-state index in [1.54, 1.807) is 0 Å². The fourth-order valence-electron chi connectivity index (χ4n) is 0.368. The molecule has 52 valence electrons. The van der Waals surface area contributed by atoms with Gasteiger partial charge >= 0.3 is 0 Å². The van der Waals surface area contributed by atoms with Gasteiger partial charge in [-0.15, -0.1) is 0 Å². The second kappa shape index (κ2) is 3.56. The number of carbonyl (C=O) groups excluding carboxylic acids is 2. The van der Waals surface area contributed by atoms with Crippen LogP contribution in [0.5, 0.6) is 0 Å². The topological polar surface area (TPSA) is 34.1 Å². The van der Waals surface area contributed by atoms with E-state index in [4.69, 9.17) is 0 Å². The predicted octanol–water partition coefficient (Wildman–Crippen LogP) is 1.05. The van der Waals surface area contributed by atoms with Crippen molar-refractivity contribution in [1.82, 2.24) is 0 Å². The molecular formula is C8H8O2. The summed E-state index contributed by atoms with van der Waals surface area (Å²) < 4.78 is 0. The van der Waals surface area contributed by atoms with Gasteiger partial charge in [-0.3, -0.25) is 9.59 Å². The predicted molar refractivity (Wildman–Crippen MR) is 39.5 cm³/mol. The van der Waals surface area contributed by atoms with Gasteiger partial charge in [-0.2, -0.15) is 0 Å². The van der Waals surface area contributed by atoms with Gasteiger partial charge in [0.05, 0.1) is 5.57 Å². The Bertz CT molecular complexity index is 189. The average molecular weight is 136 g/mol. The molecular weight excluding hydrogens is 128 g/mol.